The van der Waals surface area contributed by atoms with Crippen LogP contribution in [0.5, 0.6) is 0 Å². The number of H-pyrrole nitrogens is 1. The van der Waals surface area contributed by atoms with Gasteiger partial charge in [0.05, 0.1) is 39.3 Å². The topological polar surface area (TPSA) is 72.8 Å². The number of thiocarbonyl (C=S) groups is 1. The van der Waals surface area contributed by atoms with Gasteiger partial charge >= 0.3 is 0 Å². The Balaban J connectivity index is 2.11. The molecule has 0 radical (unpaired) electrons. The second-order valence-corrected chi connectivity index (χ2v) is 7.24. The lowest BCUT2D eigenvalue weighted by Crippen LogP contribution is -3.05. The molecule has 26 heavy (non-hydrogen) atoms. The van der Waals surface area contributed by atoms with Crippen LogP contribution in [0, 0.1) is 6.92 Å². The molecule has 0 atom stereocenters. The minimum Gasteiger partial charge on any atom is -0.395 e. The first-order valence-corrected chi connectivity index (χ1v) is 9.37. The number of pyridine rings is 1. The van der Waals surface area contributed by atoms with Crippen LogP contribution < -0.4 is 15.8 Å². The SMILES string of the molecule is Cc1cccc2cc(CN(CCO)C(=S)NCCC[NH+](C)C)c(=O)[nH]c12. The zero-order valence-corrected chi connectivity index (χ0v) is 16.6. The van der Waals surface area contributed by atoms with E-state index in [2.05, 4.69) is 24.4 Å². The molecule has 1 aromatic carbocycles. The second kappa shape index (κ2) is 9.66. The predicted molar refractivity (Wildman–Crippen MR) is 110 cm³/mol. The third-order valence-electron chi connectivity index (χ3n) is 4.31. The molecule has 1 heterocycles. The van der Waals surface area contributed by atoms with Crippen molar-refractivity contribution in [1.29, 1.82) is 0 Å². The van der Waals surface area contributed by atoms with E-state index in [9.17, 15) is 9.90 Å². The van der Waals surface area contributed by atoms with Crippen LogP contribution in [0.2, 0.25) is 0 Å². The van der Waals surface area contributed by atoms with Gasteiger partial charge < -0.3 is 25.2 Å². The van der Waals surface area contributed by atoms with Crippen LogP contribution in [0.25, 0.3) is 10.9 Å². The molecule has 0 bridgehead atoms. The molecular weight excluding hydrogens is 348 g/mol. The van der Waals surface area contributed by atoms with Crippen molar-refractivity contribution in [2.75, 3.05) is 40.3 Å². The fraction of sp³-hybridized carbons (Fsp3) is 0.474. The summed E-state index contributed by atoms with van der Waals surface area (Å²) < 4.78 is 0. The van der Waals surface area contributed by atoms with Gasteiger partial charge in [0.1, 0.15) is 0 Å². The minimum absolute atomic E-state index is 0.0196. The van der Waals surface area contributed by atoms with Crippen LogP contribution in [-0.4, -0.2) is 60.4 Å². The number of quaternary nitrogens is 1. The van der Waals surface area contributed by atoms with E-state index in [-0.39, 0.29) is 12.2 Å². The number of nitrogens with zero attached hydrogens (tertiary/aromatic N) is 1. The van der Waals surface area contributed by atoms with Crippen molar-refractivity contribution in [2.24, 2.45) is 0 Å². The van der Waals surface area contributed by atoms with Gasteiger partial charge in [0.2, 0.25) is 0 Å². The highest BCUT2D eigenvalue weighted by Crippen LogP contribution is 2.15. The Morgan fingerprint density at radius 3 is 2.85 bits per heavy atom. The standard InChI is InChI=1S/C19H28N4O2S/c1-14-6-4-7-15-12-16(18(25)21-17(14)15)13-23(10-11-24)19(26)20-8-5-9-22(2)3/h4,6-7,12,24H,5,8-11,13H2,1-3H3,(H,20,26)(H,21,25)/p+1. The van der Waals surface area contributed by atoms with Crippen LogP contribution in [0.15, 0.2) is 29.1 Å². The number of aliphatic hydroxyl groups is 1. The third kappa shape index (κ3) is 5.52. The van der Waals surface area contributed by atoms with Crippen molar-refractivity contribution in [1.82, 2.24) is 15.2 Å². The number of nitrogens with one attached hydrogen (secondary N) is 3. The lowest BCUT2D eigenvalue weighted by Gasteiger charge is -2.25. The Morgan fingerprint density at radius 1 is 1.38 bits per heavy atom. The van der Waals surface area contributed by atoms with Gasteiger partial charge in [-0.3, -0.25) is 4.79 Å². The Labute approximate surface area is 159 Å². The third-order valence-corrected chi connectivity index (χ3v) is 4.72. The Morgan fingerprint density at radius 2 is 2.15 bits per heavy atom. The minimum atomic E-state index is -0.117. The number of hydrogen-bond acceptors (Lipinski definition) is 3. The van der Waals surface area contributed by atoms with Crippen LogP contribution in [0.4, 0.5) is 0 Å². The van der Waals surface area contributed by atoms with Gasteiger partial charge in [-0.1, -0.05) is 18.2 Å². The first-order chi connectivity index (χ1) is 12.4. The van der Waals surface area contributed by atoms with Crippen molar-refractivity contribution < 1.29 is 10.0 Å². The summed E-state index contributed by atoms with van der Waals surface area (Å²) >= 11 is 5.46. The zero-order chi connectivity index (χ0) is 19.1. The highest BCUT2D eigenvalue weighted by molar-refractivity contribution is 7.80. The predicted octanol–water partition coefficient (Wildman–Crippen LogP) is 0.0399. The Hall–Kier alpha value is -1.96. The molecule has 7 heteroatoms. The van der Waals surface area contributed by atoms with Gasteiger partial charge in [0.25, 0.3) is 5.56 Å². The molecule has 0 amide bonds. The fourth-order valence-electron chi connectivity index (χ4n) is 2.87. The molecule has 0 aliphatic rings. The molecule has 0 saturated carbocycles. The van der Waals surface area contributed by atoms with E-state index >= 15 is 0 Å². The van der Waals surface area contributed by atoms with E-state index in [1.54, 1.807) is 0 Å². The van der Waals surface area contributed by atoms with E-state index in [0.717, 1.165) is 36.0 Å². The van der Waals surface area contributed by atoms with E-state index in [1.165, 1.54) is 4.90 Å². The molecule has 6 nitrogen and oxygen atoms in total. The number of benzene rings is 1. The number of para-hydroxylation sites is 1. The monoisotopic (exact) mass is 377 g/mol. The number of hydrogen-bond donors (Lipinski definition) is 4. The van der Waals surface area contributed by atoms with Crippen molar-refractivity contribution in [2.45, 2.75) is 19.9 Å². The first-order valence-electron chi connectivity index (χ1n) is 8.96. The molecule has 0 fully saturated rings. The van der Waals surface area contributed by atoms with Gasteiger partial charge in [0, 0.05) is 25.1 Å². The second-order valence-electron chi connectivity index (χ2n) is 6.85. The summed E-state index contributed by atoms with van der Waals surface area (Å²) in [5, 5.41) is 14.2. The van der Waals surface area contributed by atoms with E-state index in [4.69, 9.17) is 12.2 Å². The molecule has 0 aliphatic carbocycles. The van der Waals surface area contributed by atoms with Crippen molar-refractivity contribution in [3.8, 4) is 0 Å². The summed E-state index contributed by atoms with van der Waals surface area (Å²) in [5.74, 6) is 0. The van der Waals surface area contributed by atoms with Crippen LogP contribution in [0.1, 0.15) is 17.5 Å². The molecular formula is C19H29N4O2S+. The average Bonchev–Trinajstić information content (AvgIpc) is 2.59. The molecule has 4 N–H and O–H groups in total. The number of rotatable bonds is 8. The molecule has 0 unspecified atom stereocenters. The van der Waals surface area contributed by atoms with Gasteiger partial charge in [-0.05, 0) is 36.2 Å². The fourth-order valence-corrected chi connectivity index (χ4v) is 3.13. The van der Waals surface area contributed by atoms with Crippen LogP contribution in [0.3, 0.4) is 0 Å². The number of fused-ring (bicyclic) bond motifs is 1. The maximum Gasteiger partial charge on any atom is 0.253 e. The van der Waals surface area contributed by atoms with Gasteiger partial charge in [0.15, 0.2) is 5.11 Å². The first kappa shape index (κ1) is 20.4. The molecule has 2 rings (SSSR count). The van der Waals surface area contributed by atoms with E-state index < -0.39 is 0 Å². The summed E-state index contributed by atoms with van der Waals surface area (Å²) in [5.41, 5.74) is 2.42. The molecule has 0 aliphatic heterocycles. The quantitative estimate of drug-likeness (QED) is 0.386. The molecule has 2 aromatic rings. The average molecular weight is 378 g/mol. The summed E-state index contributed by atoms with van der Waals surface area (Å²) in [4.78, 5) is 18.7. The zero-order valence-electron chi connectivity index (χ0n) is 15.8. The number of aromatic amines is 1. The highest BCUT2D eigenvalue weighted by Gasteiger charge is 2.13. The number of aryl methyl sites for hydroxylation is 1. The van der Waals surface area contributed by atoms with Crippen molar-refractivity contribution >= 4 is 28.2 Å². The van der Waals surface area contributed by atoms with Gasteiger partial charge in [-0.15, -0.1) is 0 Å². The van der Waals surface area contributed by atoms with Crippen LogP contribution in [-0.2, 0) is 6.54 Å². The number of aromatic nitrogens is 1. The van der Waals surface area contributed by atoms with Gasteiger partial charge in [-0.2, -0.15) is 0 Å². The lowest BCUT2D eigenvalue weighted by molar-refractivity contribution is -0.858. The normalized spacial score (nSPS) is 11.1. The summed E-state index contributed by atoms with van der Waals surface area (Å²) in [6.07, 6.45) is 1.01. The molecule has 1 aromatic heterocycles. The molecule has 142 valence electrons. The van der Waals surface area contributed by atoms with Crippen molar-refractivity contribution in [3.63, 3.8) is 0 Å². The summed E-state index contributed by atoms with van der Waals surface area (Å²) in [6, 6.07) is 7.84. The summed E-state index contributed by atoms with van der Waals surface area (Å²) in [6.45, 7) is 4.54. The Kier molecular flexibility index (Phi) is 7.56. The Bertz CT molecular complexity index is 804. The smallest absolute Gasteiger partial charge is 0.253 e. The van der Waals surface area contributed by atoms with Gasteiger partial charge in [-0.25, -0.2) is 0 Å². The van der Waals surface area contributed by atoms with E-state index in [0.29, 0.717) is 23.8 Å². The maximum absolute atomic E-state index is 12.5. The number of aliphatic hydroxyl groups excluding tert-OH is 1. The molecule has 0 spiro atoms. The molecule has 0 saturated heterocycles. The lowest BCUT2D eigenvalue weighted by atomic mass is 10.1. The maximum atomic E-state index is 12.5. The van der Waals surface area contributed by atoms with Crippen LogP contribution >= 0.6 is 12.2 Å². The largest absolute Gasteiger partial charge is 0.395 e. The van der Waals surface area contributed by atoms with E-state index in [1.807, 2.05) is 36.1 Å². The van der Waals surface area contributed by atoms with Crippen molar-refractivity contribution in [3.05, 3.63) is 45.7 Å². The summed E-state index contributed by atoms with van der Waals surface area (Å²) in [7, 11) is 4.23. The highest BCUT2D eigenvalue weighted by atomic mass is 32.1.